The minimum atomic E-state index is 0.0650. The number of hydrogen-bond acceptors (Lipinski definition) is 3. The molecule has 1 N–H and O–H groups in total. The molecule has 1 aromatic heterocycles. The summed E-state index contributed by atoms with van der Waals surface area (Å²) in [7, 11) is 0. The molecule has 1 fully saturated rings. The van der Waals surface area contributed by atoms with Crippen LogP contribution in [0, 0.1) is 5.92 Å². The van der Waals surface area contributed by atoms with E-state index in [1.165, 1.54) is 29.7 Å². The van der Waals surface area contributed by atoms with E-state index in [1.54, 1.807) is 0 Å². The second-order valence-corrected chi connectivity index (χ2v) is 6.86. The summed E-state index contributed by atoms with van der Waals surface area (Å²) in [5.74, 6) is 0.622. The predicted octanol–water partition coefficient (Wildman–Crippen LogP) is 3.39. The molecule has 0 saturated carbocycles. The Hall–Kier alpha value is -1.65. The maximum atomic E-state index is 12.0. The average molecular weight is 314 g/mol. The van der Waals surface area contributed by atoms with Gasteiger partial charge in [0.1, 0.15) is 0 Å². The molecule has 1 amide bonds. The number of thiophene rings is 1. The number of rotatable bonds is 5. The van der Waals surface area contributed by atoms with Gasteiger partial charge in [0.15, 0.2) is 0 Å². The molecule has 1 aliphatic heterocycles. The minimum absolute atomic E-state index is 0.0650. The molecule has 3 rings (SSSR count). The van der Waals surface area contributed by atoms with E-state index in [2.05, 4.69) is 40.5 Å². The molecule has 0 bridgehead atoms. The first-order valence-corrected chi connectivity index (χ1v) is 8.77. The van der Waals surface area contributed by atoms with Gasteiger partial charge in [0.05, 0.1) is 4.88 Å². The van der Waals surface area contributed by atoms with Crippen molar-refractivity contribution in [2.75, 3.05) is 19.6 Å². The maximum absolute atomic E-state index is 12.0. The number of piperidine rings is 1. The molecule has 1 aliphatic rings. The highest BCUT2D eigenvalue weighted by molar-refractivity contribution is 7.12. The van der Waals surface area contributed by atoms with Crippen LogP contribution in [0.2, 0.25) is 0 Å². The lowest BCUT2D eigenvalue weighted by molar-refractivity contribution is 0.0934. The highest BCUT2D eigenvalue weighted by atomic mass is 32.1. The fourth-order valence-corrected chi connectivity index (χ4v) is 3.68. The molecule has 4 heteroatoms. The van der Waals surface area contributed by atoms with Crippen molar-refractivity contribution in [3.8, 4) is 0 Å². The number of amides is 1. The van der Waals surface area contributed by atoms with Crippen molar-refractivity contribution in [1.29, 1.82) is 0 Å². The topological polar surface area (TPSA) is 32.3 Å². The van der Waals surface area contributed by atoms with Gasteiger partial charge >= 0.3 is 0 Å². The Morgan fingerprint density at radius 3 is 2.86 bits per heavy atom. The maximum Gasteiger partial charge on any atom is 0.261 e. The van der Waals surface area contributed by atoms with Gasteiger partial charge in [-0.3, -0.25) is 9.69 Å². The summed E-state index contributed by atoms with van der Waals surface area (Å²) >= 11 is 1.50. The van der Waals surface area contributed by atoms with E-state index in [0.717, 1.165) is 31.1 Å². The highest BCUT2D eigenvalue weighted by Gasteiger charge is 2.20. The number of benzene rings is 1. The largest absolute Gasteiger partial charge is 0.351 e. The van der Waals surface area contributed by atoms with Crippen molar-refractivity contribution < 1.29 is 4.79 Å². The Morgan fingerprint density at radius 1 is 1.23 bits per heavy atom. The Morgan fingerprint density at radius 2 is 2.09 bits per heavy atom. The zero-order valence-corrected chi connectivity index (χ0v) is 13.5. The van der Waals surface area contributed by atoms with E-state index < -0.39 is 0 Å². The molecule has 22 heavy (non-hydrogen) atoms. The highest BCUT2D eigenvalue weighted by Crippen LogP contribution is 2.18. The van der Waals surface area contributed by atoms with Gasteiger partial charge in [-0.15, -0.1) is 11.3 Å². The molecule has 0 spiro atoms. The Kier molecular flexibility index (Phi) is 5.24. The quantitative estimate of drug-likeness (QED) is 0.917. The number of carbonyl (C=O) groups is 1. The molecular formula is C18H22N2OS. The summed E-state index contributed by atoms with van der Waals surface area (Å²) in [6.45, 7) is 4.02. The summed E-state index contributed by atoms with van der Waals surface area (Å²) < 4.78 is 0. The summed E-state index contributed by atoms with van der Waals surface area (Å²) in [4.78, 5) is 15.3. The Bertz CT molecular complexity index is 582. The Balaban J connectivity index is 1.47. The normalized spacial score (nSPS) is 19.0. The first kappa shape index (κ1) is 15.3. The van der Waals surface area contributed by atoms with E-state index in [9.17, 15) is 4.79 Å². The van der Waals surface area contributed by atoms with Gasteiger partial charge in [0, 0.05) is 19.6 Å². The van der Waals surface area contributed by atoms with Crippen LogP contribution in [-0.4, -0.2) is 30.4 Å². The summed E-state index contributed by atoms with van der Waals surface area (Å²) in [6.07, 6.45) is 2.42. The van der Waals surface area contributed by atoms with Crippen LogP contribution in [0.15, 0.2) is 47.8 Å². The van der Waals surface area contributed by atoms with E-state index in [0.29, 0.717) is 5.92 Å². The third-order valence-corrected chi connectivity index (χ3v) is 5.02. The van der Waals surface area contributed by atoms with Crippen molar-refractivity contribution in [2.45, 2.75) is 19.4 Å². The van der Waals surface area contributed by atoms with E-state index in [-0.39, 0.29) is 5.91 Å². The minimum Gasteiger partial charge on any atom is -0.351 e. The lowest BCUT2D eigenvalue weighted by atomic mass is 9.97. The molecule has 116 valence electrons. The van der Waals surface area contributed by atoms with E-state index in [4.69, 9.17) is 0 Å². The van der Waals surface area contributed by atoms with Crippen molar-refractivity contribution in [1.82, 2.24) is 10.2 Å². The molecule has 3 nitrogen and oxygen atoms in total. The van der Waals surface area contributed by atoms with Crippen molar-refractivity contribution in [2.24, 2.45) is 5.92 Å². The lowest BCUT2D eigenvalue weighted by Gasteiger charge is -2.32. The smallest absolute Gasteiger partial charge is 0.261 e. The zero-order valence-electron chi connectivity index (χ0n) is 12.7. The molecule has 2 heterocycles. The molecule has 1 atom stereocenters. The SMILES string of the molecule is O=C(NC[C@H]1CCCN(Cc2ccccc2)C1)c1cccs1. The second-order valence-electron chi connectivity index (χ2n) is 5.92. The Labute approximate surface area is 136 Å². The van der Waals surface area contributed by atoms with Crippen LogP contribution in [0.5, 0.6) is 0 Å². The van der Waals surface area contributed by atoms with Crippen LogP contribution in [-0.2, 0) is 6.54 Å². The molecule has 0 unspecified atom stereocenters. The summed E-state index contributed by atoms with van der Waals surface area (Å²) in [5.41, 5.74) is 1.37. The van der Waals surface area contributed by atoms with Crippen LogP contribution in [0.25, 0.3) is 0 Å². The van der Waals surface area contributed by atoms with Crippen LogP contribution < -0.4 is 5.32 Å². The lowest BCUT2D eigenvalue weighted by Crippen LogP contribution is -2.40. The fraction of sp³-hybridized carbons (Fsp3) is 0.389. The number of likely N-dealkylation sites (tertiary alicyclic amines) is 1. The number of nitrogens with one attached hydrogen (secondary N) is 1. The third kappa shape index (κ3) is 4.18. The van der Waals surface area contributed by atoms with Crippen LogP contribution in [0.4, 0.5) is 0 Å². The van der Waals surface area contributed by atoms with Gasteiger partial charge in [-0.25, -0.2) is 0 Å². The number of hydrogen-bond donors (Lipinski definition) is 1. The molecule has 0 radical (unpaired) electrons. The number of nitrogens with zero attached hydrogens (tertiary/aromatic N) is 1. The average Bonchev–Trinajstić information content (AvgIpc) is 3.08. The molecular weight excluding hydrogens is 292 g/mol. The summed E-state index contributed by atoms with van der Waals surface area (Å²) in [6, 6.07) is 14.4. The van der Waals surface area contributed by atoms with E-state index >= 15 is 0 Å². The van der Waals surface area contributed by atoms with Crippen molar-refractivity contribution in [3.63, 3.8) is 0 Å². The van der Waals surface area contributed by atoms with Gasteiger partial charge in [-0.2, -0.15) is 0 Å². The van der Waals surface area contributed by atoms with Crippen LogP contribution in [0.3, 0.4) is 0 Å². The standard InChI is InChI=1S/C18H22N2OS/c21-18(17-9-5-11-22-17)19-12-16-8-4-10-20(14-16)13-15-6-2-1-3-7-15/h1-3,5-7,9,11,16H,4,8,10,12-14H2,(H,19,21)/t16-/m1/s1. The monoisotopic (exact) mass is 314 g/mol. The van der Waals surface area contributed by atoms with Gasteiger partial charge in [-0.05, 0) is 42.3 Å². The number of carbonyl (C=O) groups excluding carboxylic acids is 1. The first-order chi connectivity index (χ1) is 10.8. The van der Waals surface area contributed by atoms with Gasteiger partial charge in [-0.1, -0.05) is 36.4 Å². The van der Waals surface area contributed by atoms with Crippen LogP contribution >= 0.6 is 11.3 Å². The molecule has 2 aromatic rings. The third-order valence-electron chi connectivity index (χ3n) is 4.15. The van der Waals surface area contributed by atoms with Gasteiger partial charge in [0.2, 0.25) is 0 Å². The zero-order chi connectivity index (χ0) is 15.2. The van der Waals surface area contributed by atoms with Gasteiger partial charge in [0.25, 0.3) is 5.91 Å². The van der Waals surface area contributed by atoms with Crippen molar-refractivity contribution >= 4 is 17.2 Å². The van der Waals surface area contributed by atoms with E-state index in [1.807, 2.05) is 17.5 Å². The molecule has 1 aromatic carbocycles. The van der Waals surface area contributed by atoms with Crippen molar-refractivity contribution in [3.05, 3.63) is 58.3 Å². The predicted molar refractivity (Wildman–Crippen MR) is 91.1 cm³/mol. The molecule has 0 aliphatic carbocycles. The fourth-order valence-electron chi connectivity index (χ4n) is 3.04. The molecule has 1 saturated heterocycles. The van der Waals surface area contributed by atoms with Crippen LogP contribution in [0.1, 0.15) is 28.1 Å². The first-order valence-electron chi connectivity index (χ1n) is 7.89. The van der Waals surface area contributed by atoms with Gasteiger partial charge < -0.3 is 5.32 Å². The second kappa shape index (κ2) is 7.56. The summed E-state index contributed by atoms with van der Waals surface area (Å²) in [5, 5.41) is 5.03.